The molecule has 4 rings (SSSR count). The molecule has 0 aliphatic heterocycles. The summed E-state index contributed by atoms with van der Waals surface area (Å²) < 4.78 is 75.1. The van der Waals surface area contributed by atoms with Gasteiger partial charge in [-0.1, -0.05) is 23.7 Å². The number of methoxy groups -OCH3 is 1. The maximum absolute atomic E-state index is 15.9. The predicted octanol–water partition coefficient (Wildman–Crippen LogP) is 7.11. The van der Waals surface area contributed by atoms with Crippen LogP contribution in [0.4, 0.5) is 30.0 Å². The van der Waals surface area contributed by atoms with Crippen LogP contribution in [0.3, 0.4) is 0 Å². The predicted molar refractivity (Wildman–Crippen MR) is 166 cm³/mol. The first-order chi connectivity index (χ1) is 21.3. The van der Waals surface area contributed by atoms with Crippen molar-refractivity contribution in [1.82, 2.24) is 15.0 Å². The lowest BCUT2D eigenvalue weighted by Crippen LogP contribution is -2.44. The highest BCUT2D eigenvalue weighted by Gasteiger charge is 2.35. The van der Waals surface area contributed by atoms with E-state index in [4.69, 9.17) is 25.8 Å². The van der Waals surface area contributed by atoms with E-state index >= 15 is 8.78 Å². The number of nitrogens with one attached hydrogen (secondary N) is 1. The van der Waals surface area contributed by atoms with Crippen LogP contribution in [0, 0.1) is 11.6 Å². The summed E-state index contributed by atoms with van der Waals surface area (Å²) in [7, 11) is -3.31. The number of carbonyl (C=O) groups is 2. The number of fused-ring (bicyclic) bond motifs is 1. The Kier molecular flexibility index (Phi) is 9.41. The monoisotopic (exact) mass is 677 g/mol. The molecule has 0 fully saturated rings. The molecule has 4 aromatic rings. The molecule has 244 valence electrons. The lowest BCUT2D eigenvalue weighted by molar-refractivity contribution is 0.0427. The molecule has 0 saturated carbocycles. The second-order valence-electron chi connectivity index (χ2n) is 11.8. The summed E-state index contributed by atoms with van der Waals surface area (Å²) in [5.74, 6) is -2.97. The van der Waals surface area contributed by atoms with Crippen molar-refractivity contribution in [2.75, 3.05) is 16.7 Å². The molecule has 1 N–H and O–H groups in total. The fourth-order valence-electron chi connectivity index (χ4n) is 3.98. The number of aromatic nitrogens is 3. The third kappa shape index (κ3) is 7.77. The first-order valence-corrected chi connectivity index (χ1v) is 15.4. The van der Waals surface area contributed by atoms with Crippen LogP contribution in [-0.4, -0.2) is 53.9 Å². The van der Waals surface area contributed by atoms with Gasteiger partial charge in [0.05, 0.1) is 28.9 Å². The number of carbonyl (C=O) groups excluding carboxylic acids is 2. The lowest BCUT2D eigenvalue weighted by atomic mass is 10.0. The van der Waals surface area contributed by atoms with E-state index in [-0.39, 0.29) is 22.0 Å². The Hall–Kier alpha value is -4.63. The van der Waals surface area contributed by atoms with Gasteiger partial charge in [-0.25, -0.2) is 41.7 Å². The molecular formula is C30H30ClF2N5O7S. The van der Waals surface area contributed by atoms with Crippen molar-refractivity contribution >= 4 is 56.3 Å². The van der Waals surface area contributed by atoms with Gasteiger partial charge in [0, 0.05) is 17.8 Å². The molecule has 2 amide bonds. The molecule has 0 radical (unpaired) electrons. The van der Waals surface area contributed by atoms with Gasteiger partial charge in [-0.05, 0) is 71.4 Å². The van der Waals surface area contributed by atoms with E-state index in [1.54, 1.807) is 41.5 Å². The van der Waals surface area contributed by atoms with Gasteiger partial charge < -0.3 is 14.2 Å². The summed E-state index contributed by atoms with van der Waals surface area (Å²) >= 11 is 5.91. The minimum absolute atomic E-state index is 0.0177. The maximum atomic E-state index is 15.9. The largest absolute Gasteiger partial charge is 0.480 e. The highest BCUT2D eigenvalue weighted by Crippen LogP contribution is 2.34. The second kappa shape index (κ2) is 12.6. The summed E-state index contributed by atoms with van der Waals surface area (Å²) in [5.41, 5.74) is -3.11. The number of nitrogens with zero attached hydrogens (tertiary/aromatic N) is 4. The average Bonchev–Trinajstić information content (AvgIpc) is 2.92. The number of sulfonamides is 1. The number of benzene rings is 2. The molecule has 0 aliphatic carbocycles. The molecule has 0 bridgehead atoms. The zero-order chi connectivity index (χ0) is 34.2. The van der Waals surface area contributed by atoms with E-state index in [0.29, 0.717) is 10.3 Å². The molecule has 12 nitrogen and oxygen atoms in total. The van der Waals surface area contributed by atoms with Gasteiger partial charge in [0.1, 0.15) is 17.0 Å². The van der Waals surface area contributed by atoms with Gasteiger partial charge in [0.2, 0.25) is 11.8 Å². The first kappa shape index (κ1) is 34.2. The number of pyridine rings is 1. The summed E-state index contributed by atoms with van der Waals surface area (Å²) in [6.45, 7) is 9.62. The summed E-state index contributed by atoms with van der Waals surface area (Å²) in [6, 6.07) is 6.97. The Morgan fingerprint density at radius 3 is 2.13 bits per heavy atom. The van der Waals surface area contributed by atoms with Gasteiger partial charge in [0.25, 0.3) is 10.0 Å². The number of imide groups is 1. The van der Waals surface area contributed by atoms with E-state index in [0.717, 1.165) is 18.2 Å². The molecule has 0 unspecified atom stereocenters. The van der Waals surface area contributed by atoms with Gasteiger partial charge in [-0.3, -0.25) is 4.72 Å². The molecule has 0 saturated heterocycles. The highest BCUT2D eigenvalue weighted by atomic mass is 35.5. The third-order valence-electron chi connectivity index (χ3n) is 5.81. The normalized spacial score (nSPS) is 12.0. The van der Waals surface area contributed by atoms with Crippen molar-refractivity contribution < 1.29 is 41.0 Å². The van der Waals surface area contributed by atoms with Crippen molar-refractivity contribution in [1.29, 1.82) is 0 Å². The van der Waals surface area contributed by atoms with E-state index in [1.807, 2.05) is 0 Å². The number of ether oxygens (including phenoxy) is 3. The zero-order valence-electron chi connectivity index (χ0n) is 25.8. The van der Waals surface area contributed by atoms with Crippen LogP contribution in [0.2, 0.25) is 5.02 Å². The van der Waals surface area contributed by atoms with Crippen molar-refractivity contribution in [3.63, 3.8) is 0 Å². The van der Waals surface area contributed by atoms with Crippen molar-refractivity contribution in [2.45, 2.75) is 57.6 Å². The maximum Gasteiger partial charge on any atom is 0.427 e. The number of rotatable bonds is 6. The van der Waals surface area contributed by atoms with E-state index in [1.165, 1.54) is 37.7 Å². The number of anilines is 2. The molecule has 2 aromatic carbocycles. The molecule has 2 aromatic heterocycles. The molecule has 0 atom stereocenters. The smallest absolute Gasteiger partial charge is 0.427 e. The molecule has 46 heavy (non-hydrogen) atoms. The molecular weight excluding hydrogens is 648 g/mol. The highest BCUT2D eigenvalue weighted by molar-refractivity contribution is 7.92. The minimum Gasteiger partial charge on any atom is -0.480 e. The van der Waals surface area contributed by atoms with Crippen molar-refractivity contribution in [3.8, 4) is 17.0 Å². The van der Waals surface area contributed by atoms with Gasteiger partial charge in [-0.15, -0.1) is 4.90 Å². The fraction of sp³-hybridized carbons (Fsp3) is 0.300. The van der Waals surface area contributed by atoms with E-state index in [9.17, 15) is 18.0 Å². The standard InChI is InChI=1S/C30H30ClF2N5O7S/c1-29(2,3)44-27(39)38(28(40)45-30(4,5)6)26-35-14-17-9-8-16(12-21(17)36-26)23-19(32)10-11-20(24(23)33)37-46(41,42)22-13-18(31)15-34-25(22)43-7/h8-15,37H,1-7H3. The van der Waals surface area contributed by atoms with Crippen LogP contribution >= 0.6 is 11.6 Å². The topological polar surface area (TPSA) is 150 Å². The lowest BCUT2D eigenvalue weighted by Gasteiger charge is -2.27. The SMILES string of the molecule is COc1ncc(Cl)cc1S(=O)(=O)Nc1ccc(F)c(-c2ccc3cnc(N(C(=O)OC(C)(C)C)C(=O)OC(C)(C)C)nc3c2)c1F. The Balaban J connectivity index is 1.79. The van der Waals surface area contributed by atoms with Gasteiger partial charge in [0.15, 0.2) is 10.7 Å². The van der Waals surface area contributed by atoms with Crippen LogP contribution in [0.25, 0.3) is 22.0 Å². The third-order valence-corrected chi connectivity index (χ3v) is 7.38. The van der Waals surface area contributed by atoms with Gasteiger partial charge in [-0.2, -0.15) is 0 Å². The van der Waals surface area contributed by atoms with Crippen LogP contribution in [-0.2, 0) is 19.5 Å². The van der Waals surface area contributed by atoms with Crippen LogP contribution in [0.15, 0.2) is 53.7 Å². The molecule has 0 spiro atoms. The first-order valence-electron chi connectivity index (χ1n) is 13.5. The van der Waals surface area contributed by atoms with E-state index in [2.05, 4.69) is 19.7 Å². The quantitative estimate of drug-likeness (QED) is 0.224. The van der Waals surface area contributed by atoms with Crippen molar-refractivity contribution in [3.05, 3.63) is 65.4 Å². The fourth-order valence-corrected chi connectivity index (χ4v) is 5.41. The number of amides is 2. The summed E-state index contributed by atoms with van der Waals surface area (Å²) in [5, 5.41) is 0.370. The Morgan fingerprint density at radius 2 is 1.54 bits per heavy atom. The van der Waals surface area contributed by atoms with Gasteiger partial charge >= 0.3 is 12.2 Å². The number of hydrogen-bond donors (Lipinski definition) is 1. The molecule has 0 aliphatic rings. The Bertz CT molecular complexity index is 1920. The van der Waals surface area contributed by atoms with Crippen LogP contribution in [0.5, 0.6) is 5.88 Å². The van der Waals surface area contributed by atoms with E-state index < -0.39 is 67.1 Å². The minimum atomic E-state index is -4.50. The Labute approximate surface area is 268 Å². The van der Waals surface area contributed by atoms with Crippen molar-refractivity contribution in [2.24, 2.45) is 0 Å². The summed E-state index contributed by atoms with van der Waals surface area (Å²) in [4.78, 5) is 38.4. The Morgan fingerprint density at radius 1 is 0.913 bits per heavy atom. The average molecular weight is 678 g/mol. The second-order valence-corrected chi connectivity index (χ2v) is 13.9. The van der Waals surface area contributed by atoms with Crippen LogP contribution < -0.4 is 14.4 Å². The molecule has 2 heterocycles. The number of hydrogen-bond acceptors (Lipinski definition) is 10. The summed E-state index contributed by atoms with van der Waals surface area (Å²) in [6.07, 6.45) is 0.249. The zero-order valence-corrected chi connectivity index (χ0v) is 27.4. The van der Waals surface area contributed by atoms with Crippen LogP contribution in [0.1, 0.15) is 41.5 Å². The molecule has 16 heteroatoms. The number of halogens is 3.